The van der Waals surface area contributed by atoms with E-state index >= 15 is 0 Å². The zero-order valence-corrected chi connectivity index (χ0v) is 25.1. The zero-order valence-electron chi connectivity index (χ0n) is 25.1. The van der Waals surface area contributed by atoms with E-state index in [1.807, 2.05) is 30.6 Å². The molecule has 224 valence electrons. The van der Waals surface area contributed by atoms with Gasteiger partial charge in [0.15, 0.2) is 0 Å². The molecule has 5 heterocycles. The third-order valence-corrected chi connectivity index (χ3v) is 7.45. The van der Waals surface area contributed by atoms with Gasteiger partial charge in [-0.15, -0.1) is 0 Å². The molecular weight excluding hydrogens is 534 g/mol. The number of nitrogens with zero attached hydrogens (tertiary/aromatic N) is 5. The van der Waals surface area contributed by atoms with Crippen molar-refractivity contribution in [3.05, 3.63) is 42.9 Å². The number of carbonyl (C=O) groups is 2. The van der Waals surface area contributed by atoms with Crippen LogP contribution in [0.25, 0.3) is 22.0 Å². The van der Waals surface area contributed by atoms with Gasteiger partial charge in [0.05, 0.1) is 5.69 Å². The monoisotopic (exact) mass is 575 g/mol. The maximum absolute atomic E-state index is 13.4. The van der Waals surface area contributed by atoms with Crippen LogP contribution in [0, 0.1) is 0 Å². The van der Waals surface area contributed by atoms with E-state index in [9.17, 15) is 9.59 Å². The number of rotatable bonds is 6. The van der Waals surface area contributed by atoms with Crippen LogP contribution >= 0.6 is 0 Å². The maximum Gasteiger partial charge on any atom is 0.408 e. The molecule has 5 rings (SSSR count). The van der Waals surface area contributed by atoms with Gasteiger partial charge in [-0.3, -0.25) is 9.78 Å². The first-order chi connectivity index (χ1) is 20.0. The Morgan fingerprint density at radius 2 is 1.74 bits per heavy atom. The molecule has 11 heteroatoms. The Balaban J connectivity index is 1.32. The van der Waals surface area contributed by atoms with Crippen LogP contribution in [0.4, 0.5) is 16.4 Å². The summed E-state index contributed by atoms with van der Waals surface area (Å²) in [7, 11) is 0. The van der Waals surface area contributed by atoms with E-state index in [1.165, 1.54) is 0 Å². The van der Waals surface area contributed by atoms with E-state index in [1.54, 1.807) is 45.7 Å². The summed E-state index contributed by atoms with van der Waals surface area (Å²) in [5.41, 5.74) is 0.0616. The Morgan fingerprint density at radius 3 is 2.45 bits per heavy atom. The molecule has 0 radical (unpaired) electrons. The lowest BCUT2D eigenvalue weighted by molar-refractivity contribution is -0.137. The number of alkyl carbamates (subject to hydrolysis) is 1. The average Bonchev–Trinajstić information content (AvgIpc) is 2.95. The standard InChI is InChI=1S/C31H41N7O4/c1-30(2,3)42-29(40)36-31(4,5)28(39)38-14-12-37(13-15-38)27-24-7-10-32-20-22(24)18-25(35-27)21-6-11-33-26(19-21)34-23-8-16-41-17-9-23/h6-7,10-11,18-20,23H,8-9,12-17H2,1-5H3,(H,33,34)(H,36,40). The highest BCUT2D eigenvalue weighted by molar-refractivity contribution is 5.95. The lowest BCUT2D eigenvalue weighted by Crippen LogP contribution is -2.60. The van der Waals surface area contributed by atoms with Gasteiger partial charge in [-0.2, -0.15) is 0 Å². The molecule has 2 amide bonds. The van der Waals surface area contributed by atoms with Crippen LogP contribution in [-0.2, 0) is 14.3 Å². The third-order valence-electron chi connectivity index (χ3n) is 7.45. The molecule has 2 aliphatic heterocycles. The number of piperazine rings is 1. The Labute approximate surface area is 247 Å². The van der Waals surface area contributed by atoms with Gasteiger partial charge in [0.25, 0.3) is 0 Å². The van der Waals surface area contributed by atoms with E-state index in [-0.39, 0.29) is 5.91 Å². The molecule has 42 heavy (non-hydrogen) atoms. The summed E-state index contributed by atoms with van der Waals surface area (Å²) in [5, 5.41) is 8.28. The summed E-state index contributed by atoms with van der Waals surface area (Å²) in [6, 6.07) is 8.40. The third kappa shape index (κ3) is 7.07. The van der Waals surface area contributed by atoms with Crippen LogP contribution in [0.2, 0.25) is 0 Å². The minimum absolute atomic E-state index is 0.148. The van der Waals surface area contributed by atoms with Gasteiger partial charge in [0.1, 0.15) is 22.8 Å². The van der Waals surface area contributed by atoms with Gasteiger partial charge in [-0.05, 0) is 71.7 Å². The number of hydrogen-bond donors (Lipinski definition) is 2. The first-order valence-electron chi connectivity index (χ1n) is 14.6. The fourth-order valence-electron chi connectivity index (χ4n) is 5.32. The Kier molecular flexibility index (Phi) is 8.49. The maximum atomic E-state index is 13.4. The summed E-state index contributed by atoms with van der Waals surface area (Å²) in [6.45, 7) is 12.5. The van der Waals surface area contributed by atoms with Crippen molar-refractivity contribution in [3.63, 3.8) is 0 Å². The summed E-state index contributed by atoms with van der Waals surface area (Å²) < 4.78 is 10.8. The number of ether oxygens (including phenoxy) is 2. The second kappa shape index (κ2) is 12.1. The lowest BCUT2D eigenvalue weighted by Gasteiger charge is -2.39. The van der Waals surface area contributed by atoms with E-state index in [4.69, 9.17) is 14.5 Å². The largest absolute Gasteiger partial charge is 0.444 e. The molecule has 2 fully saturated rings. The Bertz CT molecular complexity index is 1420. The smallest absolute Gasteiger partial charge is 0.408 e. The quantitative estimate of drug-likeness (QED) is 0.445. The van der Waals surface area contributed by atoms with Crippen LogP contribution in [0.15, 0.2) is 42.9 Å². The summed E-state index contributed by atoms with van der Waals surface area (Å²) in [4.78, 5) is 43.8. The highest BCUT2D eigenvalue weighted by Crippen LogP contribution is 2.31. The fraction of sp³-hybridized carbons (Fsp3) is 0.516. The van der Waals surface area contributed by atoms with Gasteiger partial charge in [0, 0.05) is 80.4 Å². The Hall–Kier alpha value is -3.99. The van der Waals surface area contributed by atoms with Crippen LogP contribution in [0.3, 0.4) is 0 Å². The average molecular weight is 576 g/mol. The molecular formula is C31H41N7O4. The normalized spacial score (nSPS) is 16.8. The van der Waals surface area contributed by atoms with Gasteiger partial charge in [-0.25, -0.2) is 14.8 Å². The molecule has 3 aromatic heterocycles. The number of hydrogen-bond acceptors (Lipinski definition) is 9. The van der Waals surface area contributed by atoms with Crippen LogP contribution in [-0.4, -0.2) is 88.4 Å². The lowest BCUT2D eigenvalue weighted by atomic mass is 10.0. The fourth-order valence-corrected chi connectivity index (χ4v) is 5.32. The van der Waals surface area contributed by atoms with Crippen LogP contribution < -0.4 is 15.5 Å². The van der Waals surface area contributed by atoms with E-state index in [0.717, 1.165) is 59.7 Å². The summed E-state index contributed by atoms with van der Waals surface area (Å²) >= 11 is 0. The van der Waals surface area contributed by atoms with Crippen molar-refractivity contribution >= 4 is 34.4 Å². The van der Waals surface area contributed by atoms with Crippen molar-refractivity contribution < 1.29 is 19.1 Å². The molecule has 0 atom stereocenters. The summed E-state index contributed by atoms with van der Waals surface area (Å²) in [5.74, 6) is 1.53. The number of aromatic nitrogens is 3. The van der Waals surface area contributed by atoms with Crippen molar-refractivity contribution in [2.45, 2.75) is 64.6 Å². The first kappa shape index (κ1) is 29.5. The van der Waals surface area contributed by atoms with Crippen molar-refractivity contribution in [3.8, 4) is 11.3 Å². The molecule has 0 aliphatic carbocycles. The second-order valence-corrected chi connectivity index (χ2v) is 12.4. The van der Waals surface area contributed by atoms with E-state index < -0.39 is 17.2 Å². The first-order valence-corrected chi connectivity index (χ1v) is 14.6. The molecule has 3 aromatic rings. The minimum Gasteiger partial charge on any atom is -0.444 e. The van der Waals surface area contributed by atoms with Gasteiger partial charge in [-0.1, -0.05) is 0 Å². The van der Waals surface area contributed by atoms with Gasteiger partial charge < -0.3 is 29.9 Å². The predicted octanol–water partition coefficient (Wildman–Crippen LogP) is 4.23. The molecule has 2 N–H and O–H groups in total. The Morgan fingerprint density at radius 1 is 1.00 bits per heavy atom. The second-order valence-electron chi connectivity index (χ2n) is 12.4. The predicted molar refractivity (Wildman–Crippen MR) is 162 cm³/mol. The van der Waals surface area contributed by atoms with E-state index in [0.29, 0.717) is 32.2 Å². The van der Waals surface area contributed by atoms with E-state index in [2.05, 4.69) is 31.6 Å². The summed E-state index contributed by atoms with van der Waals surface area (Å²) in [6.07, 6.45) is 6.75. The number of fused-ring (bicyclic) bond motifs is 1. The molecule has 2 saturated heterocycles. The molecule has 0 spiro atoms. The van der Waals surface area contributed by atoms with Crippen molar-refractivity contribution in [2.75, 3.05) is 49.6 Å². The number of nitrogens with one attached hydrogen (secondary N) is 2. The molecule has 0 saturated carbocycles. The SMILES string of the molecule is CC(C)(C)OC(=O)NC(C)(C)C(=O)N1CCN(c2nc(-c3ccnc(NC4CCOCC4)c3)cc3cnccc23)CC1. The number of carbonyl (C=O) groups excluding carboxylic acids is 2. The number of pyridine rings is 3. The van der Waals surface area contributed by atoms with Crippen molar-refractivity contribution in [2.24, 2.45) is 0 Å². The zero-order chi connectivity index (χ0) is 29.9. The van der Waals surface area contributed by atoms with Gasteiger partial charge >= 0.3 is 6.09 Å². The van der Waals surface area contributed by atoms with Crippen molar-refractivity contribution in [1.29, 1.82) is 0 Å². The van der Waals surface area contributed by atoms with Crippen LogP contribution in [0.1, 0.15) is 47.5 Å². The van der Waals surface area contributed by atoms with Gasteiger partial charge in [0.2, 0.25) is 5.91 Å². The number of anilines is 2. The topological polar surface area (TPSA) is 122 Å². The highest BCUT2D eigenvalue weighted by atomic mass is 16.6. The minimum atomic E-state index is -1.10. The highest BCUT2D eigenvalue weighted by Gasteiger charge is 2.36. The number of amides is 2. The van der Waals surface area contributed by atoms with Crippen LogP contribution in [0.5, 0.6) is 0 Å². The van der Waals surface area contributed by atoms with Crippen molar-refractivity contribution in [1.82, 2.24) is 25.2 Å². The molecule has 2 aliphatic rings. The molecule has 0 bridgehead atoms. The molecule has 11 nitrogen and oxygen atoms in total. The molecule has 0 aromatic carbocycles. The molecule has 0 unspecified atom stereocenters.